The molecule has 0 heterocycles. The van der Waals surface area contributed by atoms with Crippen molar-refractivity contribution in [3.8, 4) is 0 Å². The van der Waals surface area contributed by atoms with Crippen LogP contribution in [0.25, 0.3) is 0 Å². The molecule has 0 aromatic heterocycles. The number of hydrogen-bond donors (Lipinski definition) is 0. The Bertz CT molecular complexity index is 15.5. The van der Waals surface area contributed by atoms with Crippen molar-refractivity contribution in [2.75, 3.05) is 0 Å². The van der Waals surface area contributed by atoms with E-state index in [1.165, 1.54) is 0 Å². The topological polar surface area (TPSA) is 0 Å². The van der Waals surface area contributed by atoms with Crippen molar-refractivity contribution in [3.63, 3.8) is 0 Å². The molecule has 0 spiro atoms. The van der Waals surface area contributed by atoms with Gasteiger partial charge in [-0.2, -0.15) is 0 Å². The van der Waals surface area contributed by atoms with Crippen molar-refractivity contribution in [1.82, 2.24) is 0 Å². The fourth-order valence-electron chi connectivity index (χ4n) is 0. The Labute approximate surface area is 90.4 Å². The summed E-state index contributed by atoms with van der Waals surface area (Å²) >= 11 is 0. The molecule has 0 nitrogen and oxygen atoms in total. The average molecular weight is 371 g/mol. The van der Waals surface area contributed by atoms with Gasteiger partial charge in [0.15, 0.2) is 0 Å². The van der Waals surface area contributed by atoms with Crippen molar-refractivity contribution in [3.05, 3.63) is 0 Å². The second kappa shape index (κ2) is 29.6. The molecule has 0 bridgehead atoms. The molecule has 0 aliphatic heterocycles. The molecule has 5 heavy (non-hydrogen) atoms. The fourth-order valence-corrected chi connectivity index (χ4v) is 0. The van der Waals surface area contributed by atoms with E-state index < -0.39 is 0 Å². The van der Waals surface area contributed by atoms with Gasteiger partial charge in [0, 0.05) is 34.1 Å². The smallest absolute Gasteiger partial charge is 1.00 e. The van der Waals surface area contributed by atoms with Gasteiger partial charge in [0.2, 0.25) is 0 Å². The van der Waals surface area contributed by atoms with Crippen LogP contribution in [-0.4, -0.2) is 37.2 Å². The predicted octanol–water partition coefficient (Wildman–Crippen LogP) is -5.52. The van der Waals surface area contributed by atoms with Crippen molar-refractivity contribution >= 4 is 37.2 Å². The maximum absolute atomic E-state index is 0. The van der Waals surface area contributed by atoms with E-state index in [0.29, 0.717) is 0 Å². The van der Waals surface area contributed by atoms with Gasteiger partial charge in [-0.1, -0.05) is 0 Å². The predicted molar refractivity (Wildman–Crippen MR) is 22.4 cm³/mol. The molecular weight excluding hydrogens is 362 g/mol. The fraction of sp³-hybridized carbons (Fsp3) is 0. The van der Waals surface area contributed by atoms with Gasteiger partial charge in [-0.3, -0.25) is 0 Å². The molecule has 0 aliphatic carbocycles. The SMILES string of the molecule is [BiH3].[Cu].[H-].[Li+].[Mn].[SiH4]. The van der Waals surface area contributed by atoms with Crippen molar-refractivity contribution in [2.45, 2.75) is 0 Å². The molecule has 0 atom stereocenters. The maximum atomic E-state index is 0. The van der Waals surface area contributed by atoms with Gasteiger partial charge in [0.1, 0.15) is 0 Å². The quantitative estimate of drug-likeness (QED) is 0.373. The van der Waals surface area contributed by atoms with Crippen LogP contribution >= 0.6 is 0 Å². The molecule has 0 aromatic rings. The Morgan fingerprint density at radius 1 is 1.20 bits per heavy atom. The summed E-state index contributed by atoms with van der Waals surface area (Å²) in [5.41, 5.74) is 0. The molecule has 2 radical (unpaired) electrons. The third-order valence-electron chi connectivity index (χ3n) is 0. The second-order valence-electron chi connectivity index (χ2n) is 0. The summed E-state index contributed by atoms with van der Waals surface area (Å²) < 4.78 is 0. The van der Waals surface area contributed by atoms with Gasteiger partial charge in [0.25, 0.3) is 0 Å². The molecule has 5 heteroatoms. The van der Waals surface area contributed by atoms with E-state index in [9.17, 15) is 0 Å². The zero-order valence-corrected chi connectivity index (χ0v) is 10.0. The zero-order chi connectivity index (χ0) is 0. The van der Waals surface area contributed by atoms with Crippen molar-refractivity contribution in [2.24, 2.45) is 0 Å². The van der Waals surface area contributed by atoms with Crippen molar-refractivity contribution < 1.29 is 54.4 Å². The van der Waals surface area contributed by atoms with Crippen LogP contribution in [0.15, 0.2) is 0 Å². The molecule has 0 aliphatic rings. The van der Waals surface area contributed by atoms with E-state index in [4.69, 9.17) is 0 Å². The van der Waals surface area contributed by atoms with Gasteiger partial charge in [0.05, 0.1) is 0 Å². The molecular formula is H8BiCuLiMnSi. The zero-order valence-electron chi connectivity index (χ0n) is 3.39. The summed E-state index contributed by atoms with van der Waals surface area (Å²) in [5.74, 6) is 0. The minimum Gasteiger partial charge on any atom is -1.00 e. The first-order valence-electron chi connectivity index (χ1n) is 0. The van der Waals surface area contributed by atoms with Crippen LogP contribution in [0.5, 0.6) is 0 Å². The molecule has 0 unspecified atom stereocenters. The van der Waals surface area contributed by atoms with Crippen LogP contribution in [0.4, 0.5) is 0 Å². The largest absolute Gasteiger partial charge is 1.00 e. The van der Waals surface area contributed by atoms with E-state index >= 15 is 0 Å². The molecule has 0 N–H and O–H groups in total. The van der Waals surface area contributed by atoms with Crippen LogP contribution in [0, 0.1) is 0 Å². The summed E-state index contributed by atoms with van der Waals surface area (Å²) in [7, 11) is 0. The van der Waals surface area contributed by atoms with E-state index in [1.54, 1.807) is 0 Å². The third-order valence-corrected chi connectivity index (χ3v) is 0. The minimum absolute atomic E-state index is 0. The van der Waals surface area contributed by atoms with Crippen LogP contribution in [-0.2, 0) is 34.1 Å². The normalized spacial score (nSPS) is 0. The van der Waals surface area contributed by atoms with Crippen LogP contribution < -0.4 is 18.9 Å². The summed E-state index contributed by atoms with van der Waals surface area (Å²) in [6, 6.07) is 0. The van der Waals surface area contributed by atoms with Gasteiger partial charge in [-0.15, -0.1) is 0 Å². The number of hydrogen-bond acceptors (Lipinski definition) is 0. The Balaban J connectivity index is 0. The maximum Gasteiger partial charge on any atom is 1.00 e. The summed E-state index contributed by atoms with van der Waals surface area (Å²) in [5, 5.41) is 0. The summed E-state index contributed by atoms with van der Waals surface area (Å²) in [6.45, 7) is 0. The van der Waals surface area contributed by atoms with Crippen LogP contribution in [0.2, 0.25) is 0 Å². The molecule has 0 saturated carbocycles. The van der Waals surface area contributed by atoms with Gasteiger partial charge >= 0.3 is 45.1 Å². The Kier molecular flexibility index (Phi) is 278. The second-order valence-corrected chi connectivity index (χ2v) is 0. The van der Waals surface area contributed by atoms with E-state index in [1.807, 2.05) is 0 Å². The van der Waals surface area contributed by atoms with Gasteiger partial charge in [-0.25, -0.2) is 0 Å². The standard InChI is InChI=1S/Bi.Cu.Li.Mn.H4Si.4H/h;;;;1H4;;;;/q;;+1;;;;;;-1. The molecule has 0 aromatic carbocycles. The third kappa shape index (κ3) is 20.2. The first-order chi connectivity index (χ1) is 0. The Morgan fingerprint density at radius 3 is 1.20 bits per heavy atom. The van der Waals surface area contributed by atoms with E-state index in [2.05, 4.69) is 0 Å². The molecule has 0 saturated heterocycles. The van der Waals surface area contributed by atoms with Crippen molar-refractivity contribution in [1.29, 1.82) is 0 Å². The van der Waals surface area contributed by atoms with Gasteiger partial charge in [-0.05, 0) is 11.0 Å². The first kappa shape index (κ1) is 46.9. The molecule has 36 valence electrons. The Morgan fingerprint density at radius 2 is 1.20 bits per heavy atom. The summed E-state index contributed by atoms with van der Waals surface area (Å²) in [4.78, 5) is 0. The molecule has 0 rings (SSSR count). The van der Waals surface area contributed by atoms with E-state index in [-0.39, 0.29) is 91.6 Å². The molecule has 0 amide bonds. The average Bonchev–Trinajstić information content (AvgIpc) is 0. The molecule has 0 fully saturated rings. The van der Waals surface area contributed by atoms with Gasteiger partial charge < -0.3 is 1.43 Å². The monoisotopic (exact) mass is 370 g/mol. The number of rotatable bonds is 0. The summed E-state index contributed by atoms with van der Waals surface area (Å²) in [6.07, 6.45) is 0. The van der Waals surface area contributed by atoms with Crippen LogP contribution in [0.3, 0.4) is 0 Å². The van der Waals surface area contributed by atoms with E-state index in [0.717, 1.165) is 0 Å². The first-order valence-corrected chi connectivity index (χ1v) is 0. The minimum atomic E-state index is 0. The Hall–Kier alpha value is 2.74. The van der Waals surface area contributed by atoms with Crippen LogP contribution in [0.1, 0.15) is 1.43 Å².